The molecule has 2 N–H and O–H groups in total. The zero-order chi connectivity index (χ0) is 14.5. The lowest BCUT2D eigenvalue weighted by atomic mass is 10.0. The van der Waals surface area contributed by atoms with E-state index in [0.717, 1.165) is 19.6 Å². The van der Waals surface area contributed by atoms with Crippen LogP contribution in [0.1, 0.15) is 58.3 Å². The number of nitrogens with two attached hydrogens (primary N) is 1. The van der Waals surface area contributed by atoms with Gasteiger partial charge in [-0.3, -0.25) is 0 Å². The molecule has 3 heteroatoms. The van der Waals surface area contributed by atoms with Gasteiger partial charge in [-0.1, -0.05) is 51.9 Å². The highest BCUT2D eigenvalue weighted by atomic mass is 15.2. The largest absolute Gasteiger partial charge is 0.329 e. The van der Waals surface area contributed by atoms with Gasteiger partial charge in [0.1, 0.15) is 0 Å². The van der Waals surface area contributed by atoms with E-state index in [2.05, 4.69) is 37.9 Å². The minimum absolute atomic E-state index is 0.565. The number of hydrogen-bond acceptors (Lipinski definition) is 3. The fourth-order valence-electron chi connectivity index (χ4n) is 2.40. The first-order valence-electron chi connectivity index (χ1n) is 8.16. The number of unbranched alkanes of at least 4 members (excludes halogenated alkanes) is 6. The molecular formula is C16H37N3. The van der Waals surface area contributed by atoms with Crippen LogP contribution in [0.25, 0.3) is 0 Å². The molecule has 0 aliphatic heterocycles. The van der Waals surface area contributed by atoms with Crippen LogP contribution in [0.4, 0.5) is 0 Å². The summed E-state index contributed by atoms with van der Waals surface area (Å²) in [5, 5.41) is 0. The summed E-state index contributed by atoms with van der Waals surface area (Å²) in [6, 6.07) is 0.565. The van der Waals surface area contributed by atoms with Gasteiger partial charge in [0.15, 0.2) is 0 Å². The lowest BCUT2D eigenvalue weighted by Crippen LogP contribution is -2.41. The molecule has 0 aliphatic rings. The molecule has 116 valence electrons. The third kappa shape index (κ3) is 11.4. The second kappa shape index (κ2) is 12.9. The van der Waals surface area contributed by atoms with Crippen LogP contribution in [0.3, 0.4) is 0 Å². The normalized spacial score (nSPS) is 13.4. The van der Waals surface area contributed by atoms with Crippen molar-refractivity contribution < 1.29 is 0 Å². The molecule has 0 rings (SSSR count). The molecule has 3 nitrogen and oxygen atoms in total. The molecule has 0 aromatic rings. The third-order valence-corrected chi connectivity index (χ3v) is 3.94. The van der Waals surface area contributed by atoms with E-state index in [4.69, 9.17) is 5.73 Å². The van der Waals surface area contributed by atoms with Gasteiger partial charge in [-0.2, -0.15) is 0 Å². The van der Waals surface area contributed by atoms with Gasteiger partial charge in [0.2, 0.25) is 0 Å². The van der Waals surface area contributed by atoms with Crippen molar-refractivity contribution in [3.63, 3.8) is 0 Å². The van der Waals surface area contributed by atoms with E-state index < -0.39 is 0 Å². The molecule has 0 heterocycles. The average Bonchev–Trinajstić information content (AvgIpc) is 2.39. The quantitative estimate of drug-likeness (QED) is 0.523. The van der Waals surface area contributed by atoms with Gasteiger partial charge in [0.25, 0.3) is 0 Å². The Morgan fingerprint density at radius 1 is 0.842 bits per heavy atom. The fourth-order valence-corrected chi connectivity index (χ4v) is 2.40. The summed E-state index contributed by atoms with van der Waals surface area (Å²) in [5.74, 6) is 0. The molecule has 0 aliphatic carbocycles. The number of nitrogens with zero attached hydrogens (tertiary/aromatic N) is 2. The van der Waals surface area contributed by atoms with Crippen molar-refractivity contribution in [1.82, 2.24) is 9.80 Å². The molecule has 0 spiro atoms. The van der Waals surface area contributed by atoms with Crippen molar-refractivity contribution in [3.05, 3.63) is 0 Å². The van der Waals surface area contributed by atoms with Crippen molar-refractivity contribution in [2.24, 2.45) is 5.73 Å². The van der Waals surface area contributed by atoms with Gasteiger partial charge in [0, 0.05) is 25.7 Å². The van der Waals surface area contributed by atoms with Crippen LogP contribution < -0.4 is 5.73 Å². The SMILES string of the molecule is CCCCCCCCCC(CN)N(C)CCN(C)C. The Bertz CT molecular complexity index is 183. The third-order valence-electron chi connectivity index (χ3n) is 3.94. The summed E-state index contributed by atoms with van der Waals surface area (Å²) >= 11 is 0. The summed E-state index contributed by atoms with van der Waals surface area (Å²) < 4.78 is 0. The van der Waals surface area contributed by atoms with E-state index >= 15 is 0 Å². The van der Waals surface area contributed by atoms with Crippen molar-refractivity contribution in [1.29, 1.82) is 0 Å². The summed E-state index contributed by atoms with van der Waals surface area (Å²) in [4.78, 5) is 4.66. The van der Waals surface area contributed by atoms with Gasteiger partial charge in [-0.15, -0.1) is 0 Å². The highest BCUT2D eigenvalue weighted by Crippen LogP contribution is 2.11. The Kier molecular flexibility index (Phi) is 12.8. The molecule has 0 bridgehead atoms. The van der Waals surface area contributed by atoms with Crippen molar-refractivity contribution in [2.75, 3.05) is 40.8 Å². The Labute approximate surface area is 121 Å². The highest BCUT2D eigenvalue weighted by Gasteiger charge is 2.12. The van der Waals surface area contributed by atoms with Crippen LogP contribution in [0.5, 0.6) is 0 Å². The van der Waals surface area contributed by atoms with Crippen molar-refractivity contribution in [2.45, 2.75) is 64.3 Å². The maximum atomic E-state index is 5.91. The topological polar surface area (TPSA) is 32.5 Å². The van der Waals surface area contributed by atoms with E-state index in [1.165, 1.54) is 51.4 Å². The standard InChI is InChI=1S/C16H37N3/c1-5-6-7-8-9-10-11-12-16(15-17)19(4)14-13-18(2)3/h16H,5-15,17H2,1-4H3. The van der Waals surface area contributed by atoms with E-state index in [0.29, 0.717) is 6.04 Å². The van der Waals surface area contributed by atoms with E-state index in [1.54, 1.807) is 0 Å². The van der Waals surface area contributed by atoms with Crippen molar-refractivity contribution in [3.8, 4) is 0 Å². The second-order valence-corrected chi connectivity index (χ2v) is 6.08. The van der Waals surface area contributed by atoms with Crippen molar-refractivity contribution >= 4 is 0 Å². The Hall–Kier alpha value is -0.120. The van der Waals surface area contributed by atoms with Crippen LogP contribution in [-0.2, 0) is 0 Å². The summed E-state index contributed by atoms with van der Waals surface area (Å²) in [5.41, 5.74) is 5.91. The molecule has 0 aromatic carbocycles. The Balaban J connectivity index is 3.57. The van der Waals surface area contributed by atoms with Gasteiger partial charge in [0.05, 0.1) is 0 Å². The predicted molar refractivity (Wildman–Crippen MR) is 86.6 cm³/mol. The number of likely N-dealkylation sites (N-methyl/N-ethyl adjacent to an activating group) is 2. The van der Waals surface area contributed by atoms with Crippen LogP contribution in [0, 0.1) is 0 Å². The zero-order valence-electron chi connectivity index (χ0n) is 13.8. The molecule has 0 saturated heterocycles. The summed E-state index contributed by atoms with van der Waals surface area (Å²) in [6.07, 6.45) is 10.9. The second-order valence-electron chi connectivity index (χ2n) is 6.08. The predicted octanol–water partition coefficient (Wildman–Crippen LogP) is 2.95. The van der Waals surface area contributed by atoms with Gasteiger partial charge >= 0.3 is 0 Å². The van der Waals surface area contributed by atoms with Gasteiger partial charge in [-0.05, 0) is 27.6 Å². The van der Waals surface area contributed by atoms with Gasteiger partial charge < -0.3 is 15.5 Å². The molecule has 19 heavy (non-hydrogen) atoms. The molecule has 0 fully saturated rings. The molecule has 0 amide bonds. The molecule has 0 radical (unpaired) electrons. The van der Waals surface area contributed by atoms with Gasteiger partial charge in [-0.25, -0.2) is 0 Å². The van der Waals surface area contributed by atoms with E-state index in [-0.39, 0.29) is 0 Å². The maximum absolute atomic E-state index is 5.91. The summed E-state index contributed by atoms with van der Waals surface area (Å²) in [7, 11) is 6.46. The van der Waals surface area contributed by atoms with E-state index in [1.807, 2.05) is 0 Å². The number of rotatable bonds is 13. The number of hydrogen-bond donors (Lipinski definition) is 1. The smallest absolute Gasteiger partial charge is 0.0215 e. The molecular weight excluding hydrogens is 234 g/mol. The lowest BCUT2D eigenvalue weighted by molar-refractivity contribution is 0.208. The highest BCUT2D eigenvalue weighted by molar-refractivity contribution is 4.70. The minimum Gasteiger partial charge on any atom is -0.329 e. The van der Waals surface area contributed by atoms with E-state index in [9.17, 15) is 0 Å². The first-order chi connectivity index (χ1) is 9.11. The zero-order valence-corrected chi connectivity index (χ0v) is 13.8. The van der Waals surface area contributed by atoms with Crippen LogP contribution in [0.15, 0.2) is 0 Å². The monoisotopic (exact) mass is 271 g/mol. The Morgan fingerprint density at radius 3 is 1.95 bits per heavy atom. The molecule has 1 unspecified atom stereocenters. The average molecular weight is 271 g/mol. The van der Waals surface area contributed by atoms with Crippen LogP contribution in [-0.4, -0.2) is 56.6 Å². The first-order valence-corrected chi connectivity index (χ1v) is 8.16. The minimum atomic E-state index is 0.565. The lowest BCUT2D eigenvalue weighted by Gasteiger charge is -2.28. The molecule has 0 saturated carbocycles. The first kappa shape index (κ1) is 18.9. The maximum Gasteiger partial charge on any atom is 0.0215 e. The Morgan fingerprint density at radius 2 is 1.42 bits per heavy atom. The fraction of sp³-hybridized carbons (Fsp3) is 1.00. The molecule has 0 aromatic heterocycles. The molecule has 1 atom stereocenters. The van der Waals surface area contributed by atoms with Crippen LogP contribution >= 0.6 is 0 Å². The van der Waals surface area contributed by atoms with Crippen LogP contribution in [0.2, 0.25) is 0 Å². The summed E-state index contributed by atoms with van der Waals surface area (Å²) in [6.45, 7) is 5.30.